The van der Waals surface area contributed by atoms with Crippen molar-refractivity contribution in [1.29, 1.82) is 0 Å². The predicted molar refractivity (Wildman–Crippen MR) is 84.0 cm³/mol. The molecule has 1 aromatic carbocycles. The number of aliphatic hydroxyl groups excluding tert-OH is 1. The van der Waals surface area contributed by atoms with Crippen LogP contribution in [0.1, 0.15) is 12.5 Å². The first-order chi connectivity index (χ1) is 10.0. The second-order valence-electron chi connectivity index (χ2n) is 5.56. The molecule has 0 bridgehead atoms. The molecule has 1 aliphatic rings. The van der Waals surface area contributed by atoms with E-state index in [9.17, 15) is 13.5 Å². The summed E-state index contributed by atoms with van der Waals surface area (Å²) in [5.41, 5.74) is 0.486. The van der Waals surface area contributed by atoms with Crippen LogP contribution < -0.4 is 5.32 Å². The zero-order valence-electron chi connectivity index (χ0n) is 12.5. The number of hydrogen-bond acceptors (Lipinski definition) is 5. The number of likely N-dealkylation sites (N-methyl/N-ethyl adjacent to an activating group) is 1. The van der Waals surface area contributed by atoms with Gasteiger partial charge in [-0.15, -0.1) is 0 Å². The van der Waals surface area contributed by atoms with Crippen LogP contribution in [0.4, 0.5) is 0 Å². The molecule has 1 unspecified atom stereocenters. The summed E-state index contributed by atoms with van der Waals surface area (Å²) in [6, 6.07) is 9.86. The van der Waals surface area contributed by atoms with Crippen molar-refractivity contribution in [2.75, 3.05) is 44.3 Å². The molecule has 2 N–H and O–H groups in total. The first-order valence-electron chi connectivity index (χ1n) is 7.35. The van der Waals surface area contributed by atoms with Gasteiger partial charge >= 0.3 is 0 Å². The molecule has 0 saturated carbocycles. The van der Waals surface area contributed by atoms with Gasteiger partial charge in [-0.2, -0.15) is 0 Å². The minimum Gasteiger partial charge on any atom is -0.394 e. The first-order valence-corrected chi connectivity index (χ1v) is 9.18. The highest BCUT2D eigenvalue weighted by Gasteiger charge is 2.34. The Kier molecular flexibility index (Phi) is 5.37. The molecule has 5 nitrogen and oxygen atoms in total. The summed E-state index contributed by atoms with van der Waals surface area (Å²) in [6.45, 7) is 4.39. The number of nitrogens with one attached hydrogen (secondary N) is 1. The van der Waals surface area contributed by atoms with Crippen molar-refractivity contribution in [2.45, 2.75) is 12.5 Å². The van der Waals surface area contributed by atoms with E-state index in [-0.39, 0.29) is 18.1 Å². The van der Waals surface area contributed by atoms with Gasteiger partial charge < -0.3 is 10.4 Å². The number of hydrogen-bond donors (Lipinski definition) is 2. The smallest absolute Gasteiger partial charge is 0.152 e. The van der Waals surface area contributed by atoms with Crippen LogP contribution in [0.3, 0.4) is 0 Å². The lowest BCUT2D eigenvalue weighted by atomic mass is 9.89. The van der Waals surface area contributed by atoms with Crippen molar-refractivity contribution >= 4 is 9.84 Å². The highest BCUT2D eigenvalue weighted by atomic mass is 32.2. The van der Waals surface area contributed by atoms with Gasteiger partial charge in [-0.3, -0.25) is 4.90 Å². The molecule has 0 aromatic heterocycles. The van der Waals surface area contributed by atoms with Gasteiger partial charge in [0.25, 0.3) is 0 Å². The SMILES string of the molecule is CCNC(CO)(CN1CCS(=O)(=O)CC1)c1ccccc1. The summed E-state index contributed by atoms with van der Waals surface area (Å²) < 4.78 is 23.1. The maximum absolute atomic E-state index is 11.5. The minimum absolute atomic E-state index is 0.0197. The van der Waals surface area contributed by atoms with Crippen LogP contribution in [0.25, 0.3) is 0 Å². The largest absolute Gasteiger partial charge is 0.394 e. The Bertz CT molecular complexity index is 533. The van der Waals surface area contributed by atoms with E-state index in [1.807, 2.05) is 37.3 Å². The molecule has 1 fully saturated rings. The second kappa shape index (κ2) is 6.87. The van der Waals surface area contributed by atoms with Crippen LogP contribution >= 0.6 is 0 Å². The van der Waals surface area contributed by atoms with E-state index in [1.54, 1.807) is 0 Å². The molecule has 118 valence electrons. The number of benzene rings is 1. The highest BCUT2D eigenvalue weighted by molar-refractivity contribution is 7.91. The maximum atomic E-state index is 11.5. The Hall–Kier alpha value is -0.950. The van der Waals surface area contributed by atoms with Gasteiger partial charge in [0, 0.05) is 19.6 Å². The van der Waals surface area contributed by atoms with E-state index in [2.05, 4.69) is 10.2 Å². The van der Waals surface area contributed by atoms with E-state index in [0.29, 0.717) is 19.6 Å². The Morgan fingerprint density at radius 2 is 1.86 bits per heavy atom. The molecule has 1 saturated heterocycles. The quantitative estimate of drug-likeness (QED) is 0.786. The third-order valence-corrected chi connectivity index (χ3v) is 5.65. The zero-order chi connectivity index (χ0) is 15.3. The van der Waals surface area contributed by atoms with Gasteiger partial charge in [-0.05, 0) is 12.1 Å². The molecule has 0 radical (unpaired) electrons. The maximum Gasteiger partial charge on any atom is 0.152 e. The third-order valence-electron chi connectivity index (χ3n) is 4.04. The molecule has 0 spiro atoms. The van der Waals surface area contributed by atoms with Crippen molar-refractivity contribution in [3.05, 3.63) is 35.9 Å². The average molecular weight is 312 g/mol. The number of sulfone groups is 1. The standard InChI is InChI=1S/C15H24N2O3S/c1-2-16-15(13-18,14-6-4-3-5-7-14)12-17-8-10-21(19,20)11-9-17/h3-7,16,18H,2,8-13H2,1H3. The molecule has 6 heteroatoms. The Morgan fingerprint density at radius 1 is 1.24 bits per heavy atom. The number of rotatable bonds is 6. The van der Waals surface area contributed by atoms with Crippen molar-refractivity contribution in [3.8, 4) is 0 Å². The normalized spacial score (nSPS) is 21.8. The van der Waals surface area contributed by atoms with Gasteiger partial charge in [-0.1, -0.05) is 37.3 Å². The Morgan fingerprint density at radius 3 is 2.38 bits per heavy atom. The van der Waals surface area contributed by atoms with Crippen LogP contribution in [0, 0.1) is 0 Å². The zero-order valence-corrected chi connectivity index (χ0v) is 13.3. The van der Waals surface area contributed by atoms with Gasteiger partial charge in [0.05, 0.1) is 23.7 Å². The monoisotopic (exact) mass is 312 g/mol. The summed E-state index contributed by atoms with van der Waals surface area (Å²) in [6.07, 6.45) is 0. The van der Waals surface area contributed by atoms with Crippen molar-refractivity contribution in [3.63, 3.8) is 0 Å². The summed E-state index contributed by atoms with van der Waals surface area (Å²) in [5, 5.41) is 13.4. The van der Waals surface area contributed by atoms with Crippen molar-refractivity contribution in [2.24, 2.45) is 0 Å². The van der Waals surface area contributed by atoms with Crippen LogP contribution in [-0.4, -0.2) is 62.7 Å². The van der Waals surface area contributed by atoms with Gasteiger partial charge in [0.15, 0.2) is 9.84 Å². The molecule has 21 heavy (non-hydrogen) atoms. The van der Waals surface area contributed by atoms with E-state index in [0.717, 1.165) is 12.1 Å². The fraction of sp³-hybridized carbons (Fsp3) is 0.600. The summed E-state index contributed by atoms with van der Waals surface area (Å²) in [4.78, 5) is 2.12. The fourth-order valence-electron chi connectivity index (χ4n) is 2.83. The lowest BCUT2D eigenvalue weighted by Gasteiger charge is -2.39. The van der Waals surface area contributed by atoms with E-state index < -0.39 is 15.4 Å². The van der Waals surface area contributed by atoms with Crippen LogP contribution in [-0.2, 0) is 15.4 Å². The lowest BCUT2D eigenvalue weighted by Crippen LogP contribution is -2.56. The fourth-order valence-corrected chi connectivity index (χ4v) is 4.11. The molecule has 1 aromatic rings. The summed E-state index contributed by atoms with van der Waals surface area (Å²) in [7, 11) is -2.88. The topological polar surface area (TPSA) is 69.6 Å². The van der Waals surface area contributed by atoms with Crippen molar-refractivity contribution < 1.29 is 13.5 Å². The molecule has 0 amide bonds. The predicted octanol–water partition coefficient (Wildman–Crippen LogP) is 0.214. The average Bonchev–Trinajstić information content (AvgIpc) is 2.49. The molecular weight excluding hydrogens is 288 g/mol. The van der Waals surface area contributed by atoms with Crippen LogP contribution in [0.2, 0.25) is 0 Å². The molecule has 2 rings (SSSR count). The summed E-state index contributed by atoms with van der Waals surface area (Å²) >= 11 is 0. The molecular formula is C15H24N2O3S. The molecule has 1 aliphatic heterocycles. The van der Waals surface area contributed by atoms with Gasteiger partial charge in [0.2, 0.25) is 0 Å². The molecule has 1 heterocycles. The Labute approximate surface area is 126 Å². The number of nitrogens with zero attached hydrogens (tertiary/aromatic N) is 1. The third kappa shape index (κ3) is 4.03. The van der Waals surface area contributed by atoms with Gasteiger partial charge in [-0.25, -0.2) is 8.42 Å². The van der Waals surface area contributed by atoms with Crippen molar-refractivity contribution in [1.82, 2.24) is 10.2 Å². The van der Waals surface area contributed by atoms with Gasteiger partial charge in [0.1, 0.15) is 0 Å². The second-order valence-corrected chi connectivity index (χ2v) is 7.87. The molecule has 1 atom stereocenters. The van der Waals surface area contributed by atoms with E-state index in [1.165, 1.54) is 0 Å². The molecule has 0 aliphatic carbocycles. The van der Waals surface area contributed by atoms with Crippen LogP contribution in [0.15, 0.2) is 30.3 Å². The van der Waals surface area contributed by atoms with E-state index >= 15 is 0 Å². The van der Waals surface area contributed by atoms with E-state index in [4.69, 9.17) is 0 Å². The summed E-state index contributed by atoms with van der Waals surface area (Å²) in [5.74, 6) is 0.408. The Balaban J connectivity index is 2.17. The minimum atomic E-state index is -2.88. The highest BCUT2D eigenvalue weighted by Crippen LogP contribution is 2.23. The van der Waals surface area contributed by atoms with Crippen LogP contribution in [0.5, 0.6) is 0 Å². The lowest BCUT2D eigenvalue weighted by molar-refractivity contribution is 0.111. The first kappa shape index (κ1) is 16.4. The number of aliphatic hydroxyl groups is 1.